The molecule has 3 heterocycles. The fourth-order valence-corrected chi connectivity index (χ4v) is 6.50. The highest BCUT2D eigenvalue weighted by atomic mass is 28.4. The maximum Gasteiger partial charge on any atom is 0.411 e. The average molecular weight is 568 g/mol. The molecule has 1 aromatic carbocycles. The number of carbonyl (C=O) groups excluding carboxylic acids is 3. The average Bonchev–Trinajstić information content (AvgIpc) is 3.37. The smallest absolute Gasteiger partial charge is 0.411 e. The van der Waals surface area contributed by atoms with E-state index in [9.17, 15) is 14.4 Å². The van der Waals surface area contributed by atoms with E-state index in [0.29, 0.717) is 31.8 Å². The summed E-state index contributed by atoms with van der Waals surface area (Å²) in [7, 11) is -2.14. The van der Waals surface area contributed by atoms with E-state index in [0.717, 1.165) is 5.56 Å². The van der Waals surface area contributed by atoms with Crippen molar-refractivity contribution in [1.82, 2.24) is 25.1 Å². The standard InChI is InChI=1S/C29H41N5O5Si/c1-21(39-40(5,6)28(2,3)4)24(25-30-15-11-16-31-25)32-23(35)18-33-20-29(26(33)36)14-10-17-34(29)27(37)38-19-22-12-8-7-9-13-22/h7-9,11-13,15-16,21,24H,10,14,17-20H2,1-6H3,(H,32,35). The van der Waals surface area contributed by atoms with Crippen molar-refractivity contribution in [2.24, 2.45) is 0 Å². The van der Waals surface area contributed by atoms with Gasteiger partial charge in [0.25, 0.3) is 5.91 Å². The minimum absolute atomic E-state index is 0.0128. The lowest BCUT2D eigenvalue weighted by molar-refractivity contribution is -0.162. The first-order valence-electron chi connectivity index (χ1n) is 13.9. The summed E-state index contributed by atoms with van der Waals surface area (Å²) in [6, 6.07) is 10.6. The van der Waals surface area contributed by atoms with E-state index in [1.165, 1.54) is 9.80 Å². The molecule has 2 fully saturated rings. The number of carbonyl (C=O) groups is 3. The van der Waals surface area contributed by atoms with Crippen LogP contribution in [-0.4, -0.2) is 77.3 Å². The molecule has 2 aromatic rings. The van der Waals surface area contributed by atoms with Gasteiger partial charge in [-0.3, -0.25) is 14.5 Å². The first kappa shape index (κ1) is 29.7. The molecule has 40 heavy (non-hydrogen) atoms. The predicted octanol–water partition coefficient (Wildman–Crippen LogP) is 4.06. The van der Waals surface area contributed by atoms with E-state index in [4.69, 9.17) is 9.16 Å². The maximum atomic E-state index is 13.4. The first-order valence-corrected chi connectivity index (χ1v) is 16.8. The molecular formula is C29H41N5O5Si. The number of aromatic nitrogens is 2. The zero-order valence-corrected chi connectivity index (χ0v) is 25.3. The van der Waals surface area contributed by atoms with Gasteiger partial charge < -0.3 is 19.4 Å². The number of ether oxygens (including phenoxy) is 1. The summed E-state index contributed by atoms with van der Waals surface area (Å²) in [5, 5.41) is 3.00. The SMILES string of the molecule is CC(O[Si](C)(C)C(C)(C)C)C(NC(=O)CN1CC2(CCCN2C(=O)OCc2ccccc2)C1=O)c1ncccn1. The third-order valence-electron chi connectivity index (χ3n) is 8.32. The van der Waals surface area contributed by atoms with E-state index in [-0.39, 0.29) is 36.1 Å². The summed E-state index contributed by atoms with van der Waals surface area (Å²) in [4.78, 5) is 51.2. The summed E-state index contributed by atoms with van der Waals surface area (Å²) in [5.74, 6) is -0.103. The van der Waals surface area contributed by atoms with E-state index in [2.05, 4.69) is 49.1 Å². The highest BCUT2D eigenvalue weighted by Gasteiger charge is 2.60. The highest BCUT2D eigenvalue weighted by molar-refractivity contribution is 6.74. The van der Waals surface area contributed by atoms with Crippen LogP contribution in [0.3, 0.4) is 0 Å². The summed E-state index contributed by atoms with van der Waals surface area (Å²) < 4.78 is 12.1. The number of likely N-dealkylation sites (tertiary alicyclic amines) is 2. The molecule has 1 N–H and O–H groups in total. The molecule has 1 spiro atoms. The van der Waals surface area contributed by atoms with Gasteiger partial charge in [0, 0.05) is 18.9 Å². The Hall–Kier alpha value is -3.31. The van der Waals surface area contributed by atoms with E-state index < -0.39 is 26.0 Å². The molecule has 3 atom stereocenters. The molecule has 11 heteroatoms. The van der Waals surface area contributed by atoms with Gasteiger partial charge in [-0.25, -0.2) is 14.8 Å². The van der Waals surface area contributed by atoms with Crippen molar-refractivity contribution < 1.29 is 23.5 Å². The van der Waals surface area contributed by atoms with Gasteiger partial charge in [-0.05, 0) is 49.5 Å². The normalized spacial score (nSPS) is 20.7. The number of β-lactam (4-membered cyclic amide) rings is 1. The van der Waals surface area contributed by atoms with Gasteiger partial charge in [0.2, 0.25) is 5.91 Å². The molecule has 0 radical (unpaired) electrons. The lowest BCUT2D eigenvalue weighted by Gasteiger charge is -2.50. The van der Waals surface area contributed by atoms with Crippen LogP contribution in [0, 0.1) is 0 Å². The largest absolute Gasteiger partial charge is 0.445 e. The Morgan fingerprint density at radius 3 is 2.42 bits per heavy atom. The molecule has 216 valence electrons. The van der Waals surface area contributed by atoms with Crippen molar-refractivity contribution in [2.75, 3.05) is 19.6 Å². The van der Waals surface area contributed by atoms with Crippen LogP contribution in [0.4, 0.5) is 4.79 Å². The van der Waals surface area contributed by atoms with Crippen LogP contribution in [0.1, 0.15) is 58.0 Å². The first-order chi connectivity index (χ1) is 18.8. The number of rotatable bonds is 9. The van der Waals surface area contributed by atoms with E-state index >= 15 is 0 Å². The number of nitrogens with zero attached hydrogens (tertiary/aromatic N) is 4. The monoisotopic (exact) mass is 567 g/mol. The number of hydrogen-bond donors (Lipinski definition) is 1. The molecule has 2 aliphatic heterocycles. The van der Waals surface area contributed by atoms with E-state index in [1.807, 2.05) is 37.3 Å². The second-order valence-electron chi connectivity index (χ2n) is 12.2. The summed E-state index contributed by atoms with van der Waals surface area (Å²) in [6.45, 7) is 13.5. The molecule has 0 saturated carbocycles. The van der Waals surface area contributed by atoms with E-state index in [1.54, 1.807) is 18.5 Å². The Bertz CT molecular complexity index is 1210. The molecule has 0 bridgehead atoms. The molecule has 3 unspecified atom stereocenters. The van der Waals surface area contributed by atoms with Crippen molar-refractivity contribution >= 4 is 26.2 Å². The maximum absolute atomic E-state index is 13.4. The summed E-state index contributed by atoms with van der Waals surface area (Å²) in [5.41, 5.74) is -0.0552. The Morgan fingerprint density at radius 2 is 1.80 bits per heavy atom. The molecule has 2 saturated heterocycles. The quantitative estimate of drug-likeness (QED) is 0.359. The fourth-order valence-electron chi connectivity index (χ4n) is 5.08. The lowest BCUT2D eigenvalue weighted by Crippen LogP contribution is -2.73. The molecule has 0 aliphatic carbocycles. The van der Waals surface area contributed by atoms with Gasteiger partial charge >= 0.3 is 6.09 Å². The molecule has 3 amide bonds. The van der Waals surface area contributed by atoms with Gasteiger partial charge in [-0.15, -0.1) is 0 Å². The molecular weight excluding hydrogens is 526 g/mol. The van der Waals surface area contributed by atoms with Crippen LogP contribution in [0.15, 0.2) is 48.8 Å². The topological polar surface area (TPSA) is 114 Å². The third kappa shape index (κ3) is 6.20. The summed E-state index contributed by atoms with van der Waals surface area (Å²) >= 11 is 0. The van der Waals surface area contributed by atoms with Gasteiger partial charge in [-0.2, -0.15) is 0 Å². The fraction of sp³-hybridized carbons (Fsp3) is 0.552. The van der Waals surface area contributed by atoms with Crippen LogP contribution in [0.5, 0.6) is 0 Å². The predicted molar refractivity (Wildman–Crippen MR) is 153 cm³/mol. The van der Waals surface area contributed by atoms with Crippen molar-refractivity contribution in [3.63, 3.8) is 0 Å². The number of amides is 3. The third-order valence-corrected chi connectivity index (χ3v) is 12.9. The van der Waals surface area contributed by atoms with Crippen LogP contribution < -0.4 is 5.32 Å². The van der Waals surface area contributed by atoms with Crippen molar-refractivity contribution in [3.8, 4) is 0 Å². The van der Waals surface area contributed by atoms with Crippen LogP contribution >= 0.6 is 0 Å². The Kier molecular flexibility index (Phi) is 8.65. The minimum atomic E-state index is -2.14. The van der Waals surface area contributed by atoms with Gasteiger partial charge in [-0.1, -0.05) is 51.1 Å². The Labute approximate surface area is 237 Å². The Morgan fingerprint density at radius 1 is 1.12 bits per heavy atom. The van der Waals surface area contributed by atoms with Crippen LogP contribution in [0.25, 0.3) is 0 Å². The zero-order chi connectivity index (χ0) is 29.1. The Balaban J connectivity index is 1.38. The molecule has 4 rings (SSSR count). The number of benzene rings is 1. The highest BCUT2D eigenvalue weighted by Crippen LogP contribution is 2.40. The van der Waals surface area contributed by atoms with Crippen molar-refractivity contribution in [2.45, 2.75) is 83.0 Å². The summed E-state index contributed by atoms with van der Waals surface area (Å²) in [6.07, 6.45) is 3.65. The van der Waals surface area contributed by atoms with Gasteiger partial charge in [0.15, 0.2) is 14.1 Å². The molecule has 10 nitrogen and oxygen atoms in total. The number of hydrogen-bond acceptors (Lipinski definition) is 7. The lowest BCUT2D eigenvalue weighted by atomic mass is 9.85. The van der Waals surface area contributed by atoms with Gasteiger partial charge in [0.1, 0.15) is 18.2 Å². The minimum Gasteiger partial charge on any atom is -0.445 e. The van der Waals surface area contributed by atoms with Crippen LogP contribution in [0.2, 0.25) is 18.1 Å². The second-order valence-corrected chi connectivity index (χ2v) is 17.0. The van der Waals surface area contributed by atoms with Crippen molar-refractivity contribution in [1.29, 1.82) is 0 Å². The van der Waals surface area contributed by atoms with Crippen molar-refractivity contribution in [3.05, 3.63) is 60.2 Å². The zero-order valence-electron chi connectivity index (χ0n) is 24.3. The number of nitrogens with one attached hydrogen (secondary N) is 1. The van der Waals surface area contributed by atoms with Crippen LogP contribution in [-0.2, 0) is 25.4 Å². The van der Waals surface area contributed by atoms with Gasteiger partial charge in [0.05, 0.1) is 19.2 Å². The second kappa shape index (κ2) is 11.7. The molecule has 2 aliphatic rings. The molecule has 1 aromatic heterocycles.